The molecular weight excluding hydrogens is 462 g/mol. The van der Waals surface area contributed by atoms with E-state index in [2.05, 4.69) is 5.32 Å². The highest BCUT2D eigenvalue weighted by Crippen LogP contribution is 2.37. The number of carbonyl (C=O) groups is 3. The van der Waals surface area contributed by atoms with Crippen LogP contribution in [0.25, 0.3) is 10.8 Å². The van der Waals surface area contributed by atoms with Crippen LogP contribution in [0.5, 0.6) is 0 Å². The monoisotopic (exact) mass is 491 g/mol. The number of likely N-dealkylation sites (N-methyl/N-ethyl adjacent to an activating group) is 1. The van der Waals surface area contributed by atoms with E-state index in [9.17, 15) is 14.4 Å². The van der Waals surface area contributed by atoms with Crippen LogP contribution in [0.3, 0.4) is 0 Å². The van der Waals surface area contributed by atoms with Crippen LogP contribution in [0.1, 0.15) is 27.0 Å². The van der Waals surface area contributed by atoms with Gasteiger partial charge in [-0.3, -0.25) is 19.3 Å². The third-order valence-electron chi connectivity index (χ3n) is 7.06. The molecule has 5 rings (SSSR count). The first kappa shape index (κ1) is 24.3. The van der Waals surface area contributed by atoms with Crippen molar-refractivity contribution in [1.29, 1.82) is 0 Å². The summed E-state index contributed by atoms with van der Waals surface area (Å²) < 4.78 is 0. The molecule has 0 radical (unpaired) electrons. The minimum Gasteiger partial charge on any atom is -0.357 e. The van der Waals surface area contributed by atoms with Crippen LogP contribution in [0.2, 0.25) is 0 Å². The predicted octanol–water partition coefficient (Wildman–Crippen LogP) is 4.49. The normalized spacial score (nSPS) is 13.0. The minimum absolute atomic E-state index is 0.152. The zero-order valence-corrected chi connectivity index (χ0v) is 21.0. The molecule has 186 valence electrons. The average Bonchev–Trinajstić information content (AvgIpc) is 3.19. The number of amides is 3. The summed E-state index contributed by atoms with van der Waals surface area (Å²) in [6.07, 6.45) is 0.363. The van der Waals surface area contributed by atoms with Gasteiger partial charge < -0.3 is 10.2 Å². The highest BCUT2D eigenvalue weighted by molar-refractivity contribution is 6.26. The molecule has 0 saturated heterocycles. The molecule has 0 unspecified atom stereocenters. The summed E-state index contributed by atoms with van der Waals surface area (Å²) in [6, 6.07) is 28.1. The number of rotatable bonds is 8. The Bertz CT molecular complexity index is 1480. The van der Waals surface area contributed by atoms with Gasteiger partial charge >= 0.3 is 0 Å². The molecule has 37 heavy (non-hydrogen) atoms. The molecule has 3 amide bonds. The lowest BCUT2D eigenvalue weighted by Crippen LogP contribution is -2.52. The fourth-order valence-electron chi connectivity index (χ4n) is 5.05. The lowest BCUT2D eigenvalue weighted by atomic mass is 10.0. The Balaban J connectivity index is 1.51. The van der Waals surface area contributed by atoms with Crippen molar-refractivity contribution in [3.8, 4) is 0 Å². The molecule has 0 spiro atoms. The molecule has 1 heterocycles. The highest BCUT2D eigenvalue weighted by atomic mass is 16.2. The molecule has 0 bridgehead atoms. The second-order valence-corrected chi connectivity index (χ2v) is 9.34. The zero-order chi connectivity index (χ0) is 25.9. The Morgan fingerprint density at radius 1 is 0.892 bits per heavy atom. The van der Waals surface area contributed by atoms with Gasteiger partial charge in [0.1, 0.15) is 12.6 Å². The largest absolute Gasteiger partial charge is 0.357 e. The summed E-state index contributed by atoms with van der Waals surface area (Å²) in [4.78, 5) is 43.7. The molecule has 6 nitrogen and oxygen atoms in total. The lowest BCUT2D eigenvalue weighted by molar-refractivity contribution is -0.140. The maximum Gasteiger partial charge on any atom is 0.259 e. The van der Waals surface area contributed by atoms with Gasteiger partial charge in [-0.25, -0.2) is 0 Å². The lowest BCUT2D eigenvalue weighted by Gasteiger charge is -2.33. The summed E-state index contributed by atoms with van der Waals surface area (Å²) in [5.41, 5.74) is 4.26. The van der Waals surface area contributed by atoms with Gasteiger partial charge in [0.2, 0.25) is 11.8 Å². The molecule has 1 aliphatic rings. The van der Waals surface area contributed by atoms with Crippen molar-refractivity contribution in [3.63, 3.8) is 0 Å². The van der Waals surface area contributed by atoms with E-state index in [4.69, 9.17) is 0 Å². The summed E-state index contributed by atoms with van der Waals surface area (Å²) in [5, 5.41) is 4.56. The van der Waals surface area contributed by atoms with E-state index in [1.54, 1.807) is 18.0 Å². The Hall–Kier alpha value is -4.45. The van der Waals surface area contributed by atoms with Crippen LogP contribution in [-0.2, 0) is 22.6 Å². The summed E-state index contributed by atoms with van der Waals surface area (Å²) in [5.74, 6) is -0.731. The first-order valence-electron chi connectivity index (χ1n) is 12.4. The number of nitrogens with zero attached hydrogens (tertiary/aromatic N) is 2. The van der Waals surface area contributed by atoms with E-state index in [0.717, 1.165) is 33.2 Å². The standard InChI is InChI=1S/C31H29N3O3/c1-21-10-6-7-13-24(21)19-33(27(30(36)32-2)18-22-11-4-3-5-12-22)28(35)20-34-26-17-9-15-23-14-8-16-25(29(23)26)31(34)37/h3-17,27H,18-20H2,1-2H3,(H,32,36)/t27-/m0/s1. The van der Waals surface area contributed by atoms with Crippen LogP contribution in [0, 0.1) is 6.92 Å². The number of nitrogens with one attached hydrogen (secondary N) is 1. The second kappa shape index (κ2) is 10.3. The second-order valence-electron chi connectivity index (χ2n) is 9.34. The van der Waals surface area contributed by atoms with Crippen molar-refractivity contribution in [3.05, 3.63) is 113 Å². The SMILES string of the molecule is CNC(=O)[C@H](Cc1ccccc1)N(Cc1ccccc1C)C(=O)CN1C(=O)c2cccc3cccc1c23. The van der Waals surface area contributed by atoms with Crippen molar-refractivity contribution >= 4 is 34.2 Å². The third-order valence-corrected chi connectivity index (χ3v) is 7.06. The first-order chi connectivity index (χ1) is 18.0. The van der Waals surface area contributed by atoms with E-state index < -0.39 is 6.04 Å². The van der Waals surface area contributed by atoms with Crippen LogP contribution in [0.15, 0.2) is 91.0 Å². The Labute approximate surface area is 216 Å². The molecule has 6 heteroatoms. The van der Waals surface area contributed by atoms with E-state index >= 15 is 0 Å². The maximum absolute atomic E-state index is 14.0. The third kappa shape index (κ3) is 4.70. The maximum atomic E-state index is 14.0. The van der Waals surface area contributed by atoms with Gasteiger partial charge in [0.15, 0.2) is 0 Å². The van der Waals surface area contributed by atoms with Crippen molar-refractivity contribution in [2.45, 2.75) is 25.9 Å². The molecule has 0 aliphatic carbocycles. The van der Waals surface area contributed by atoms with Crippen LogP contribution in [-0.4, -0.2) is 42.3 Å². The van der Waals surface area contributed by atoms with Crippen LogP contribution >= 0.6 is 0 Å². The van der Waals surface area contributed by atoms with Crippen molar-refractivity contribution in [2.75, 3.05) is 18.5 Å². The molecular formula is C31H29N3O3. The van der Waals surface area contributed by atoms with Gasteiger partial charge in [-0.1, -0.05) is 78.9 Å². The molecule has 0 saturated carbocycles. The fraction of sp³-hybridized carbons (Fsp3) is 0.194. The first-order valence-corrected chi connectivity index (χ1v) is 12.4. The Kier molecular flexibility index (Phi) is 6.73. The average molecular weight is 492 g/mol. The number of hydrogen-bond acceptors (Lipinski definition) is 3. The number of aryl methyl sites for hydroxylation is 1. The molecule has 0 aromatic heterocycles. The smallest absolute Gasteiger partial charge is 0.259 e. The zero-order valence-electron chi connectivity index (χ0n) is 21.0. The quantitative estimate of drug-likeness (QED) is 0.395. The van der Waals surface area contributed by atoms with E-state index in [1.165, 1.54) is 4.90 Å². The van der Waals surface area contributed by atoms with E-state index in [0.29, 0.717) is 12.0 Å². The van der Waals surface area contributed by atoms with E-state index in [-0.39, 0.29) is 30.8 Å². The van der Waals surface area contributed by atoms with Gasteiger partial charge in [-0.15, -0.1) is 0 Å². The summed E-state index contributed by atoms with van der Waals surface area (Å²) >= 11 is 0. The minimum atomic E-state index is -0.740. The summed E-state index contributed by atoms with van der Waals surface area (Å²) in [6.45, 7) is 2.10. The number of anilines is 1. The number of carbonyl (C=O) groups excluding carboxylic acids is 3. The molecule has 4 aromatic rings. The molecule has 1 atom stereocenters. The predicted molar refractivity (Wildman–Crippen MR) is 145 cm³/mol. The Morgan fingerprint density at radius 2 is 1.59 bits per heavy atom. The van der Waals surface area contributed by atoms with Crippen molar-refractivity contribution in [2.24, 2.45) is 0 Å². The Morgan fingerprint density at radius 3 is 2.32 bits per heavy atom. The fourth-order valence-corrected chi connectivity index (χ4v) is 5.05. The van der Waals surface area contributed by atoms with Gasteiger partial charge in [0.05, 0.1) is 5.69 Å². The molecule has 0 fully saturated rings. The van der Waals surface area contributed by atoms with Crippen LogP contribution in [0.4, 0.5) is 5.69 Å². The molecule has 1 aliphatic heterocycles. The van der Waals surface area contributed by atoms with Gasteiger partial charge in [-0.2, -0.15) is 0 Å². The van der Waals surface area contributed by atoms with Gasteiger partial charge in [0.25, 0.3) is 5.91 Å². The summed E-state index contributed by atoms with van der Waals surface area (Å²) in [7, 11) is 1.58. The van der Waals surface area contributed by atoms with Crippen molar-refractivity contribution in [1.82, 2.24) is 10.2 Å². The van der Waals surface area contributed by atoms with Crippen LogP contribution < -0.4 is 10.2 Å². The van der Waals surface area contributed by atoms with E-state index in [1.807, 2.05) is 91.9 Å². The van der Waals surface area contributed by atoms with Gasteiger partial charge in [0, 0.05) is 31.0 Å². The van der Waals surface area contributed by atoms with Gasteiger partial charge in [-0.05, 0) is 41.1 Å². The topological polar surface area (TPSA) is 69.7 Å². The number of hydrogen-bond donors (Lipinski definition) is 1. The van der Waals surface area contributed by atoms with Crippen molar-refractivity contribution < 1.29 is 14.4 Å². The molecule has 1 N–H and O–H groups in total. The molecule has 4 aromatic carbocycles. The highest BCUT2D eigenvalue weighted by Gasteiger charge is 2.35. The number of benzene rings is 4.